The molecule has 1 atom stereocenters. The van der Waals surface area contributed by atoms with E-state index in [4.69, 9.17) is 4.74 Å². The summed E-state index contributed by atoms with van der Waals surface area (Å²) in [5.41, 5.74) is 0.543. The van der Waals surface area contributed by atoms with Crippen LogP contribution in [0.3, 0.4) is 0 Å². The van der Waals surface area contributed by atoms with E-state index in [1.54, 1.807) is 13.0 Å². The number of aliphatic hydroxyl groups is 1. The van der Waals surface area contributed by atoms with Gasteiger partial charge in [-0.3, -0.25) is 0 Å². The molecule has 0 saturated carbocycles. The van der Waals surface area contributed by atoms with Crippen LogP contribution < -0.4 is 4.74 Å². The SMILES string of the molecule is CCCCOc1cc(F)cc([C@H](C)O)c1. The highest BCUT2D eigenvalue weighted by Gasteiger charge is 2.05. The van der Waals surface area contributed by atoms with Crippen LogP contribution in [-0.2, 0) is 0 Å². The van der Waals surface area contributed by atoms with Crippen molar-refractivity contribution in [2.75, 3.05) is 6.61 Å². The number of benzene rings is 1. The lowest BCUT2D eigenvalue weighted by Crippen LogP contribution is -1.99. The molecule has 0 bridgehead atoms. The average molecular weight is 212 g/mol. The van der Waals surface area contributed by atoms with Crippen LogP contribution in [0.15, 0.2) is 18.2 Å². The maximum absolute atomic E-state index is 13.1. The normalized spacial score (nSPS) is 12.5. The minimum atomic E-state index is -0.672. The number of ether oxygens (including phenoxy) is 1. The molecular weight excluding hydrogens is 195 g/mol. The molecule has 0 aliphatic carbocycles. The van der Waals surface area contributed by atoms with E-state index in [1.807, 2.05) is 0 Å². The fraction of sp³-hybridized carbons (Fsp3) is 0.500. The van der Waals surface area contributed by atoms with E-state index in [9.17, 15) is 9.50 Å². The quantitative estimate of drug-likeness (QED) is 0.760. The summed E-state index contributed by atoms with van der Waals surface area (Å²) in [7, 11) is 0. The standard InChI is InChI=1S/C12H17FO2/c1-3-4-5-15-12-7-10(9(2)14)6-11(13)8-12/h6-9,14H,3-5H2,1-2H3/t9-/m0/s1. The van der Waals surface area contributed by atoms with Gasteiger partial charge in [-0.05, 0) is 31.0 Å². The van der Waals surface area contributed by atoms with Crippen LogP contribution in [0.5, 0.6) is 5.75 Å². The molecule has 1 rings (SSSR count). The van der Waals surface area contributed by atoms with E-state index in [1.165, 1.54) is 12.1 Å². The van der Waals surface area contributed by atoms with Crippen LogP contribution in [0.25, 0.3) is 0 Å². The summed E-state index contributed by atoms with van der Waals surface area (Å²) in [4.78, 5) is 0. The molecule has 1 aromatic rings. The van der Waals surface area contributed by atoms with Crippen LogP contribution in [0.1, 0.15) is 38.4 Å². The van der Waals surface area contributed by atoms with E-state index in [0.29, 0.717) is 17.9 Å². The Bertz CT molecular complexity index is 310. The fourth-order valence-electron chi connectivity index (χ4n) is 1.24. The van der Waals surface area contributed by atoms with Gasteiger partial charge in [0.2, 0.25) is 0 Å². The Morgan fingerprint density at radius 1 is 1.40 bits per heavy atom. The fourth-order valence-corrected chi connectivity index (χ4v) is 1.24. The summed E-state index contributed by atoms with van der Waals surface area (Å²) in [5.74, 6) is 0.110. The lowest BCUT2D eigenvalue weighted by molar-refractivity contribution is 0.198. The zero-order valence-corrected chi connectivity index (χ0v) is 9.16. The van der Waals surface area contributed by atoms with E-state index >= 15 is 0 Å². The number of rotatable bonds is 5. The molecule has 0 amide bonds. The molecule has 0 aromatic heterocycles. The maximum Gasteiger partial charge on any atom is 0.127 e. The largest absolute Gasteiger partial charge is 0.493 e. The molecule has 0 unspecified atom stereocenters. The van der Waals surface area contributed by atoms with Gasteiger partial charge in [0.15, 0.2) is 0 Å². The van der Waals surface area contributed by atoms with Crippen LogP contribution in [0.2, 0.25) is 0 Å². The van der Waals surface area contributed by atoms with Crippen molar-refractivity contribution < 1.29 is 14.2 Å². The third-order valence-corrected chi connectivity index (χ3v) is 2.14. The molecule has 1 aromatic carbocycles. The summed E-state index contributed by atoms with van der Waals surface area (Å²) >= 11 is 0. The molecule has 15 heavy (non-hydrogen) atoms. The monoisotopic (exact) mass is 212 g/mol. The Morgan fingerprint density at radius 3 is 2.73 bits per heavy atom. The highest BCUT2D eigenvalue weighted by molar-refractivity contribution is 5.30. The maximum atomic E-state index is 13.1. The highest BCUT2D eigenvalue weighted by Crippen LogP contribution is 2.21. The molecule has 3 heteroatoms. The molecule has 0 heterocycles. The minimum absolute atomic E-state index is 0.375. The zero-order valence-electron chi connectivity index (χ0n) is 9.16. The van der Waals surface area contributed by atoms with Gasteiger partial charge in [-0.1, -0.05) is 13.3 Å². The predicted molar refractivity (Wildman–Crippen MR) is 57.4 cm³/mol. The van der Waals surface area contributed by atoms with Gasteiger partial charge in [0.1, 0.15) is 11.6 Å². The Morgan fingerprint density at radius 2 is 2.13 bits per heavy atom. The zero-order chi connectivity index (χ0) is 11.3. The molecule has 0 aliphatic heterocycles. The van der Waals surface area contributed by atoms with Crippen molar-refractivity contribution in [3.05, 3.63) is 29.6 Å². The van der Waals surface area contributed by atoms with Gasteiger partial charge < -0.3 is 9.84 Å². The lowest BCUT2D eigenvalue weighted by Gasteiger charge is -2.09. The van der Waals surface area contributed by atoms with E-state index in [0.717, 1.165) is 12.8 Å². The molecule has 0 radical (unpaired) electrons. The van der Waals surface area contributed by atoms with Crippen molar-refractivity contribution in [3.8, 4) is 5.75 Å². The molecule has 0 spiro atoms. The van der Waals surface area contributed by atoms with Crippen molar-refractivity contribution in [2.24, 2.45) is 0 Å². The smallest absolute Gasteiger partial charge is 0.127 e. The molecule has 0 fully saturated rings. The minimum Gasteiger partial charge on any atom is -0.493 e. The van der Waals surface area contributed by atoms with E-state index < -0.39 is 6.10 Å². The summed E-state index contributed by atoms with van der Waals surface area (Å²) in [5, 5.41) is 9.32. The van der Waals surface area contributed by atoms with Gasteiger partial charge in [0.05, 0.1) is 12.7 Å². The first kappa shape index (κ1) is 12.0. The Kier molecular flexibility index (Phi) is 4.56. The van der Waals surface area contributed by atoms with E-state index in [-0.39, 0.29) is 5.82 Å². The molecule has 0 saturated heterocycles. The number of aliphatic hydroxyl groups excluding tert-OH is 1. The number of unbranched alkanes of at least 4 members (excludes halogenated alkanes) is 1. The molecular formula is C12H17FO2. The highest BCUT2D eigenvalue weighted by atomic mass is 19.1. The van der Waals surface area contributed by atoms with Gasteiger partial charge in [-0.25, -0.2) is 4.39 Å². The number of halogens is 1. The number of hydrogen-bond donors (Lipinski definition) is 1. The Balaban J connectivity index is 2.71. The summed E-state index contributed by atoms with van der Waals surface area (Å²) < 4.78 is 18.5. The predicted octanol–water partition coefficient (Wildman–Crippen LogP) is 3.06. The van der Waals surface area contributed by atoms with Gasteiger partial charge >= 0.3 is 0 Å². The van der Waals surface area contributed by atoms with Crippen LogP contribution >= 0.6 is 0 Å². The third kappa shape index (κ3) is 3.88. The van der Waals surface area contributed by atoms with Gasteiger partial charge in [0, 0.05) is 6.07 Å². The van der Waals surface area contributed by atoms with Crippen molar-refractivity contribution in [1.82, 2.24) is 0 Å². The second-order valence-corrected chi connectivity index (χ2v) is 3.60. The van der Waals surface area contributed by atoms with Crippen molar-refractivity contribution >= 4 is 0 Å². The van der Waals surface area contributed by atoms with Gasteiger partial charge in [-0.15, -0.1) is 0 Å². The first-order chi connectivity index (χ1) is 7.13. The molecule has 0 aliphatic rings. The number of hydrogen-bond acceptors (Lipinski definition) is 2. The third-order valence-electron chi connectivity index (χ3n) is 2.14. The van der Waals surface area contributed by atoms with Crippen molar-refractivity contribution in [3.63, 3.8) is 0 Å². The summed E-state index contributed by atoms with van der Waals surface area (Å²) in [6, 6.07) is 4.32. The van der Waals surface area contributed by atoms with Gasteiger partial charge in [-0.2, -0.15) is 0 Å². The molecule has 1 N–H and O–H groups in total. The van der Waals surface area contributed by atoms with Crippen LogP contribution in [0.4, 0.5) is 4.39 Å². The first-order valence-electron chi connectivity index (χ1n) is 5.25. The Hall–Kier alpha value is -1.09. The summed E-state index contributed by atoms with van der Waals surface area (Å²) in [6.45, 7) is 4.25. The average Bonchev–Trinajstić information content (AvgIpc) is 2.17. The second-order valence-electron chi connectivity index (χ2n) is 3.60. The Labute approximate surface area is 89.7 Å². The molecule has 2 nitrogen and oxygen atoms in total. The van der Waals surface area contributed by atoms with Crippen molar-refractivity contribution in [1.29, 1.82) is 0 Å². The first-order valence-corrected chi connectivity index (χ1v) is 5.25. The van der Waals surface area contributed by atoms with Crippen molar-refractivity contribution in [2.45, 2.75) is 32.8 Å². The lowest BCUT2D eigenvalue weighted by atomic mass is 10.1. The topological polar surface area (TPSA) is 29.5 Å². The molecule has 84 valence electrons. The second kappa shape index (κ2) is 5.71. The van der Waals surface area contributed by atoms with Crippen LogP contribution in [0, 0.1) is 5.82 Å². The van der Waals surface area contributed by atoms with Crippen LogP contribution in [-0.4, -0.2) is 11.7 Å². The van der Waals surface area contributed by atoms with Gasteiger partial charge in [0.25, 0.3) is 0 Å². The summed E-state index contributed by atoms with van der Waals surface area (Å²) in [6.07, 6.45) is 1.31. The van der Waals surface area contributed by atoms with E-state index in [2.05, 4.69) is 6.92 Å².